The Morgan fingerprint density at radius 3 is 1.70 bits per heavy atom. The fourth-order valence-electron chi connectivity index (χ4n) is 7.55. The van der Waals surface area contributed by atoms with Crippen molar-refractivity contribution in [3.05, 3.63) is 254 Å². The third kappa shape index (κ3) is 7.30. The molecule has 0 bridgehead atoms. The highest BCUT2D eigenvalue weighted by atomic mass is 15.1. The summed E-state index contributed by atoms with van der Waals surface area (Å²) in [7, 11) is 0. The van der Waals surface area contributed by atoms with Gasteiger partial charge in [-0.05, 0) is 130 Å². The van der Waals surface area contributed by atoms with Gasteiger partial charge in [-0.1, -0.05) is 128 Å². The van der Waals surface area contributed by atoms with E-state index >= 15 is 0 Å². The molecule has 57 heavy (non-hydrogen) atoms. The lowest BCUT2D eigenvalue weighted by Gasteiger charge is -2.17. The van der Waals surface area contributed by atoms with Gasteiger partial charge in [0.05, 0.1) is 11.0 Å². The summed E-state index contributed by atoms with van der Waals surface area (Å²) in [6, 6.07) is 63.8. The van der Waals surface area contributed by atoms with Crippen LogP contribution in [0.2, 0.25) is 0 Å². The highest BCUT2D eigenvalue weighted by Gasteiger charge is 2.15. The predicted molar refractivity (Wildman–Crippen MR) is 244 cm³/mol. The SMILES string of the molecule is C=C1/C=C(c2cccc(-c3ccccc3Nc3ccccc3)c2)\C=C/N(c2ccccc2)/C=C\C(c2ccc3c(c2)c2ccccc2n3-c2ccccc2)=C/C1=C. The molecule has 1 aliphatic rings. The van der Waals surface area contributed by atoms with Gasteiger partial charge in [0.2, 0.25) is 0 Å². The van der Waals surface area contributed by atoms with Crippen LogP contribution in [-0.2, 0) is 0 Å². The number of allylic oxidation sites excluding steroid dienone is 8. The molecule has 0 saturated heterocycles. The second kappa shape index (κ2) is 15.6. The number of nitrogens with zero attached hydrogens (tertiary/aromatic N) is 2. The normalized spacial score (nSPS) is 16.3. The molecule has 0 atom stereocenters. The lowest BCUT2D eigenvalue weighted by Crippen LogP contribution is -2.06. The first-order valence-electron chi connectivity index (χ1n) is 19.2. The zero-order chi connectivity index (χ0) is 38.6. The first-order valence-corrected chi connectivity index (χ1v) is 19.2. The van der Waals surface area contributed by atoms with Crippen LogP contribution in [0.4, 0.5) is 17.1 Å². The second-order valence-electron chi connectivity index (χ2n) is 14.2. The summed E-state index contributed by atoms with van der Waals surface area (Å²) in [6.07, 6.45) is 12.9. The van der Waals surface area contributed by atoms with Crippen LogP contribution in [0.25, 0.3) is 49.8 Å². The Balaban J connectivity index is 1.13. The Morgan fingerprint density at radius 2 is 0.982 bits per heavy atom. The zero-order valence-corrected chi connectivity index (χ0v) is 31.6. The number of benzene rings is 7. The molecular formula is C54H41N3. The number of para-hydroxylation sites is 5. The van der Waals surface area contributed by atoms with Crippen LogP contribution in [0.1, 0.15) is 11.1 Å². The van der Waals surface area contributed by atoms with Crippen molar-refractivity contribution in [1.82, 2.24) is 4.57 Å². The number of hydrogen-bond acceptors (Lipinski definition) is 2. The molecule has 0 fully saturated rings. The molecule has 7 aromatic carbocycles. The van der Waals surface area contributed by atoms with Crippen LogP contribution >= 0.6 is 0 Å². The van der Waals surface area contributed by atoms with Gasteiger partial charge in [-0.15, -0.1) is 0 Å². The molecule has 1 N–H and O–H groups in total. The smallest absolute Gasteiger partial charge is 0.0541 e. The quantitative estimate of drug-likeness (QED) is 0.176. The first-order chi connectivity index (χ1) is 28.1. The van der Waals surface area contributed by atoms with Crippen molar-refractivity contribution >= 4 is 50.0 Å². The molecule has 1 aliphatic heterocycles. The van der Waals surface area contributed by atoms with Crippen molar-refractivity contribution in [2.24, 2.45) is 0 Å². The summed E-state index contributed by atoms with van der Waals surface area (Å²) in [4.78, 5) is 2.17. The van der Waals surface area contributed by atoms with Gasteiger partial charge in [0, 0.05) is 51.5 Å². The molecule has 8 aromatic rings. The second-order valence-corrected chi connectivity index (χ2v) is 14.2. The Bertz CT molecular complexity index is 2890. The van der Waals surface area contributed by atoms with Gasteiger partial charge in [-0.3, -0.25) is 0 Å². The maximum atomic E-state index is 4.55. The van der Waals surface area contributed by atoms with E-state index in [-0.39, 0.29) is 0 Å². The molecule has 0 aliphatic carbocycles. The molecule has 0 saturated carbocycles. The number of fused-ring (bicyclic) bond motifs is 3. The van der Waals surface area contributed by atoms with Crippen molar-refractivity contribution in [1.29, 1.82) is 0 Å². The van der Waals surface area contributed by atoms with Gasteiger partial charge in [-0.2, -0.15) is 0 Å². The molecule has 9 rings (SSSR count). The average Bonchev–Trinajstić information content (AvgIpc) is 3.59. The maximum Gasteiger partial charge on any atom is 0.0541 e. The Labute approximate surface area is 334 Å². The number of anilines is 3. The van der Waals surface area contributed by atoms with E-state index < -0.39 is 0 Å². The number of rotatable bonds is 7. The average molecular weight is 732 g/mol. The van der Waals surface area contributed by atoms with Gasteiger partial charge in [0.25, 0.3) is 0 Å². The van der Waals surface area contributed by atoms with Crippen molar-refractivity contribution in [2.75, 3.05) is 10.2 Å². The molecule has 2 heterocycles. The minimum absolute atomic E-state index is 0.840. The van der Waals surface area contributed by atoms with Crippen molar-refractivity contribution in [3.8, 4) is 16.8 Å². The summed E-state index contributed by atoms with van der Waals surface area (Å²) in [6.45, 7) is 9.09. The molecular weight excluding hydrogens is 691 g/mol. The van der Waals surface area contributed by atoms with Crippen LogP contribution < -0.4 is 10.2 Å². The summed E-state index contributed by atoms with van der Waals surface area (Å²) in [5.74, 6) is 0. The van der Waals surface area contributed by atoms with E-state index in [9.17, 15) is 0 Å². The molecule has 272 valence electrons. The lowest BCUT2D eigenvalue weighted by molar-refractivity contribution is 1.18. The Kier molecular flexibility index (Phi) is 9.62. The van der Waals surface area contributed by atoms with Gasteiger partial charge in [-0.25, -0.2) is 0 Å². The van der Waals surface area contributed by atoms with Crippen molar-refractivity contribution in [3.63, 3.8) is 0 Å². The van der Waals surface area contributed by atoms with Gasteiger partial charge in [0.15, 0.2) is 0 Å². The molecule has 0 spiro atoms. The van der Waals surface area contributed by atoms with E-state index in [2.05, 4.69) is 222 Å². The van der Waals surface area contributed by atoms with E-state index in [1.165, 1.54) is 16.3 Å². The van der Waals surface area contributed by atoms with Gasteiger partial charge < -0.3 is 14.8 Å². The standard InChI is InChI=1S/C54H41N3/c1-39-35-43(41-17-16-18-45(37-41)49-25-12-14-27-52(49)55-46-19-6-3-7-20-46)31-33-56(47-21-8-4-9-22-47)34-32-44(36-40(39)2)42-29-30-54-51(38-42)50-26-13-15-28-53(50)57(54)48-23-10-5-11-24-48/h3-38,55H,1-2H2/b33-31-,34-32-,43-35+,44-36+. The molecule has 1 aromatic heterocycles. The van der Waals surface area contributed by atoms with Crippen LogP contribution in [0, 0.1) is 0 Å². The van der Waals surface area contributed by atoms with E-state index in [1.54, 1.807) is 0 Å². The van der Waals surface area contributed by atoms with Gasteiger partial charge in [0.1, 0.15) is 0 Å². The molecule has 0 radical (unpaired) electrons. The zero-order valence-electron chi connectivity index (χ0n) is 31.6. The highest BCUT2D eigenvalue weighted by Crippen LogP contribution is 2.36. The minimum Gasteiger partial charge on any atom is -0.355 e. The summed E-state index contributed by atoms with van der Waals surface area (Å²) in [5, 5.41) is 6.03. The van der Waals surface area contributed by atoms with Crippen LogP contribution in [0.15, 0.2) is 243 Å². The number of hydrogen-bond donors (Lipinski definition) is 1. The molecule has 0 unspecified atom stereocenters. The lowest BCUT2D eigenvalue weighted by atomic mass is 9.94. The summed E-state index contributed by atoms with van der Waals surface area (Å²) >= 11 is 0. The Hall–Kier alpha value is -7.62. The largest absolute Gasteiger partial charge is 0.355 e. The van der Waals surface area contributed by atoms with E-state index in [0.29, 0.717) is 0 Å². The summed E-state index contributed by atoms with van der Waals surface area (Å²) < 4.78 is 2.35. The van der Waals surface area contributed by atoms with Gasteiger partial charge >= 0.3 is 0 Å². The number of nitrogens with one attached hydrogen (secondary N) is 1. The van der Waals surface area contributed by atoms with Crippen LogP contribution in [-0.4, -0.2) is 4.57 Å². The van der Waals surface area contributed by atoms with Crippen molar-refractivity contribution in [2.45, 2.75) is 0 Å². The van der Waals surface area contributed by atoms with Crippen LogP contribution in [0.3, 0.4) is 0 Å². The third-order valence-corrected chi connectivity index (χ3v) is 10.5. The fourth-order valence-corrected chi connectivity index (χ4v) is 7.55. The molecule has 3 heteroatoms. The summed E-state index contributed by atoms with van der Waals surface area (Å²) in [5.41, 5.74) is 14.8. The van der Waals surface area contributed by atoms with Crippen molar-refractivity contribution < 1.29 is 0 Å². The van der Waals surface area contributed by atoms with E-state index in [0.717, 1.165) is 72.8 Å². The maximum absolute atomic E-state index is 4.55. The van der Waals surface area contributed by atoms with E-state index in [1.807, 2.05) is 24.3 Å². The van der Waals surface area contributed by atoms with Crippen LogP contribution in [0.5, 0.6) is 0 Å². The monoisotopic (exact) mass is 731 g/mol. The molecule has 3 nitrogen and oxygen atoms in total. The topological polar surface area (TPSA) is 20.2 Å². The minimum atomic E-state index is 0.840. The molecule has 0 amide bonds. The Morgan fingerprint density at radius 1 is 0.421 bits per heavy atom. The first kappa shape index (κ1) is 35.1. The fraction of sp³-hybridized carbons (Fsp3) is 0. The third-order valence-electron chi connectivity index (χ3n) is 10.5. The highest BCUT2D eigenvalue weighted by molar-refractivity contribution is 6.10. The number of aromatic nitrogens is 1. The predicted octanol–water partition coefficient (Wildman–Crippen LogP) is 14.3. The van der Waals surface area contributed by atoms with E-state index in [4.69, 9.17) is 0 Å².